The summed E-state index contributed by atoms with van der Waals surface area (Å²) in [5.74, 6) is 3.32. The van der Waals surface area contributed by atoms with Crippen molar-refractivity contribution in [3.05, 3.63) is 24.3 Å². The summed E-state index contributed by atoms with van der Waals surface area (Å²) in [6.45, 7) is 1.39. The normalized spacial score (nSPS) is 37.7. The van der Waals surface area contributed by atoms with Gasteiger partial charge in [-0.15, -0.1) is 0 Å². The predicted molar refractivity (Wildman–Crippen MR) is 100 cm³/mol. The number of anilines is 1. The number of nitrogens with one attached hydrogen (secondary N) is 1. The van der Waals surface area contributed by atoms with Crippen molar-refractivity contribution in [2.24, 2.45) is 23.2 Å². The van der Waals surface area contributed by atoms with Gasteiger partial charge in [0.2, 0.25) is 5.91 Å². The molecule has 1 unspecified atom stereocenters. The van der Waals surface area contributed by atoms with Crippen molar-refractivity contribution in [3.63, 3.8) is 0 Å². The third-order valence-corrected chi connectivity index (χ3v) is 7.10. The van der Waals surface area contributed by atoms with Crippen LogP contribution in [0.2, 0.25) is 0 Å². The second-order valence-electron chi connectivity index (χ2n) is 9.09. The summed E-state index contributed by atoms with van der Waals surface area (Å²) in [4.78, 5) is 13.3. The maximum Gasteiger partial charge on any atom is 0.230 e. The molecule has 26 heavy (non-hydrogen) atoms. The Bertz CT molecular complexity index is 644. The molecule has 1 atom stereocenters. The minimum Gasteiger partial charge on any atom is -0.489 e. The van der Waals surface area contributed by atoms with Gasteiger partial charge in [-0.2, -0.15) is 0 Å². The summed E-state index contributed by atoms with van der Waals surface area (Å²) >= 11 is 0. The summed E-state index contributed by atoms with van der Waals surface area (Å²) < 4.78 is 11.6. The average molecular weight is 355 g/mol. The Balaban J connectivity index is 1.29. The van der Waals surface area contributed by atoms with E-state index in [4.69, 9.17) is 9.47 Å². The average Bonchev–Trinajstić information content (AvgIpc) is 3.13. The number of rotatable bonds is 5. The van der Waals surface area contributed by atoms with E-state index in [1.54, 1.807) is 0 Å². The van der Waals surface area contributed by atoms with Gasteiger partial charge in [-0.05, 0) is 81.3 Å². The third-order valence-electron chi connectivity index (χ3n) is 7.10. The molecule has 4 nitrogen and oxygen atoms in total. The lowest BCUT2D eigenvalue weighted by atomic mass is 9.49. The van der Waals surface area contributed by atoms with E-state index in [-0.39, 0.29) is 17.4 Å². The second kappa shape index (κ2) is 6.56. The Hall–Kier alpha value is -1.55. The Morgan fingerprint density at radius 1 is 1.12 bits per heavy atom. The van der Waals surface area contributed by atoms with Crippen molar-refractivity contribution in [2.75, 3.05) is 18.5 Å². The lowest BCUT2D eigenvalue weighted by Gasteiger charge is -2.55. The van der Waals surface area contributed by atoms with Crippen LogP contribution >= 0.6 is 0 Å². The zero-order valence-electron chi connectivity index (χ0n) is 15.4. The molecule has 5 aliphatic rings. The van der Waals surface area contributed by atoms with E-state index >= 15 is 0 Å². The van der Waals surface area contributed by atoms with Gasteiger partial charge in [0.1, 0.15) is 12.4 Å². The van der Waals surface area contributed by atoms with Crippen molar-refractivity contribution in [2.45, 2.75) is 57.5 Å². The fourth-order valence-electron chi connectivity index (χ4n) is 6.30. The van der Waals surface area contributed by atoms with Crippen LogP contribution in [0.15, 0.2) is 24.3 Å². The van der Waals surface area contributed by atoms with Crippen LogP contribution in [0.4, 0.5) is 5.69 Å². The third kappa shape index (κ3) is 3.02. The highest BCUT2D eigenvalue weighted by Crippen LogP contribution is 2.60. The molecule has 1 aliphatic heterocycles. The van der Waals surface area contributed by atoms with Gasteiger partial charge in [0.05, 0.1) is 17.2 Å². The zero-order chi connectivity index (χ0) is 17.6. The highest BCUT2D eigenvalue weighted by molar-refractivity contribution is 5.96. The highest BCUT2D eigenvalue weighted by atomic mass is 16.5. The Kier molecular flexibility index (Phi) is 4.19. The van der Waals surface area contributed by atoms with E-state index < -0.39 is 0 Å². The zero-order valence-corrected chi connectivity index (χ0v) is 15.4. The van der Waals surface area contributed by atoms with Crippen molar-refractivity contribution >= 4 is 11.6 Å². The summed E-state index contributed by atoms with van der Waals surface area (Å²) in [5.41, 5.74) is 0.683. The van der Waals surface area contributed by atoms with Gasteiger partial charge in [0, 0.05) is 6.61 Å². The smallest absolute Gasteiger partial charge is 0.230 e. The summed E-state index contributed by atoms with van der Waals surface area (Å²) in [6, 6.07) is 7.84. The van der Waals surface area contributed by atoms with Crippen molar-refractivity contribution in [1.29, 1.82) is 0 Å². The van der Waals surface area contributed by atoms with E-state index in [9.17, 15) is 4.79 Å². The van der Waals surface area contributed by atoms with E-state index in [1.165, 1.54) is 19.3 Å². The summed E-state index contributed by atoms with van der Waals surface area (Å²) in [5, 5.41) is 3.24. The molecule has 6 rings (SSSR count). The monoisotopic (exact) mass is 355 g/mol. The van der Waals surface area contributed by atoms with Crippen molar-refractivity contribution in [3.8, 4) is 5.75 Å². The number of amides is 1. The number of para-hydroxylation sites is 2. The van der Waals surface area contributed by atoms with Crippen LogP contribution in [0.3, 0.4) is 0 Å². The maximum absolute atomic E-state index is 13.3. The van der Waals surface area contributed by atoms with Gasteiger partial charge in [0.25, 0.3) is 0 Å². The van der Waals surface area contributed by atoms with E-state index in [0.717, 1.165) is 67.9 Å². The molecule has 4 saturated carbocycles. The van der Waals surface area contributed by atoms with E-state index in [1.807, 2.05) is 24.3 Å². The molecule has 0 spiro atoms. The molecule has 0 aromatic heterocycles. The minimum absolute atomic E-state index is 0.129. The molecule has 1 N–H and O–H groups in total. The lowest BCUT2D eigenvalue weighted by Crippen LogP contribution is -2.51. The molecular weight excluding hydrogens is 326 g/mol. The minimum atomic E-state index is -0.129. The van der Waals surface area contributed by atoms with Gasteiger partial charge in [-0.1, -0.05) is 12.1 Å². The SMILES string of the molecule is O=C(Nc1ccccc1OCC1CCCO1)C12CC3CC(CC(C3)C1)C2. The number of hydrogen-bond acceptors (Lipinski definition) is 3. The molecule has 140 valence electrons. The molecule has 0 radical (unpaired) electrons. The van der Waals surface area contributed by atoms with Gasteiger partial charge in [0.15, 0.2) is 0 Å². The van der Waals surface area contributed by atoms with E-state index in [0.29, 0.717) is 6.61 Å². The Labute approximate surface area is 155 Å². The second-order valence-corrected chi connectivity index (χ2v) is 9.09. The van der Waals surface area contributed by atoms with Crippen molar-refractivity contribution < 1.29 is 14.3 Å². The maximum atomic E-state index is 13.3. The molecule has 1 amide bonds. The van der Waals surface area contributed by atoms with Gasteiger partial charge < -0.3 is 14.8 Å². The first-order chi connectivity index (χ1) is 12.7. The topological polar surface area (TPSA) is 47.6 Å². The first-order valence-corrected chi connectivity index (χ1v) is 10.4. The van der Waals surface area contributed by atoms with Crippen LogP contribution in [0.1, 0.15) is 51.4 Å². The number of ether oxygens (including phenoxy) is 2. The molecule has 1 saturated heterocycles. The fourth-order valence-corrected chi connectivity index (χ4v) is 6.30. The van der Waals surface area contributed by atoms with Gasteiger partial charge >= 0.3 is 0 Å². The molecule has 1 aromatic carbocycles. The number of hydrogen-bond donors (Lipinski definition) is 1. The number of carbonyl (C=O) groups excluding carboxylic acids is 1. The largest absolute Gasteiger partial charge is 0.489 e. The van der Waals surface area contributed by atoms with Crippen LogP contribution in [0, 0.1) is 23.2 Å². The first-order valence-electron chi connectivity index (χ1n) is 10.4. The molecule has 4 heteroatoms. The molecule has 4 aliphatic carbocycles. The van der Waals surface area contributed by atoms with Crippen LogP contribution in [0.5, 0.6) is 5.75 Å². The van der Waals surface area contributed by atoms with Gasteiger partial charge in [-0.25, -0.2) is 0 Å². The van der Waals surface area contributed by atoms with Gasteiger partial charge in [-0.3, -0.25) is 4.79 Å². The predicted octanol–water partition coefficient (Wildman–Crippen LogP) is 4.40. The van der Waals surface area contributed by atoms with Crippen LogP contribution in [-0.2, 0) is 9.53 Å². The van der Waals surface area contributed by atoms with E-state index in [2.05, 4.69) is 5.32 Å². The summed E-state index contributed by atoms with van der Waals surface area (Å²) in [6.07, 6.45) is 9.67. The highest BCUT2D eigenvalue weighted by Gasteiger charge is 2.54. The first kappa shape index (κ1) is 16.6. The Morgan fingerprint density at radius 2 is 1.81 bits per heavy atom. The quantitative estimate of drug-likeness (QED) is 0.852. The lowest BCUT2D eigenvalue weighted by molar-refractivity contribution is -0.140. The summed E-state index contributed by atoms with van der Waals surface area (Å²) in [7, 11) is 0. The fraction of sp³-hybridized carbons (Fsp3) is 0.682. The number of carbonyl (C=O) groups is 1. The van der Waals surface area contributed by atoms with Crippen LogP contribution < -0.4 is 10.1 Å². The number of benzene rings is 1. The molecule has 1 heterocycles. The standard InChI is InChI=1S/C22H29NO3/c24-21(22-11-15-8-16(12-22)10-17(9-15)13-22)23-19-5-1-2-6-20(19)26-14-18-4-3-7-25-18/h1-2,5-6,15-18H,3-4,7-14H2,(H,23,24). The van der Waals surface area contributed by atoms with Crippen LogP contribution in [-0.4, -0.2) is 25.2 Å². The van der Waals surface area contributed by atoms with Crippen LogP contribution in [0.25, 0.3) is 0 Å². The molecule has 4 bridgehead atoms. The molecule has 1 aromatic rings. The van der Waals surface area contributed by atoms with Crippen molar-refractivity contribution in [1.82, 2.24) is 0 Å². The molecular formula is C22H29NO3. The Morgan fingerprint density at radius 3 is 2.46 bits per heavy atom. The molecule has 5 fully saturated rings.